The molecule has 1 aromatic heterocycles. The van der Waals surface area contributed by atoms with Crippen LogP contribution in [0.5, 0.6) is 0 Å². The molecule has 31 heavy (non-hydrogen) atoms. The minimum Gasteiger partial charge on any atom is -0.506 e. The molecule has 3 rings (SSSR count). The van der Waals surface area contributed by atoms with Gasteiger partial charge in [0, 0.05) is 5.69 Å². The van der Waals surface area contributed by atoms with Crippen molar-refractivity contribution in [3.8, 4) is 12.1 Å². The molecule has 0 bridgehead atoms. The van der Waals surface area contributed by atoms with Gasteiger partial charge in [-0.05, 0) is 55.5 Å². The zero-order valence-electron chi connectivity index (χ0n) is 16.0. The lowest BCUT2D eigenvalue weighted by molar-refractivity contribution is -0.112. The Bertz CT molecular complexity index is 1360. The van der Waals surface area contributed by atoms with Gasteiger partial charge >= 0.3 is 0 Å². The van der Waals surface area contributed by atoms with E-state index in [1.165, 1.54) is 61.7 Å². The lowest BCUT2D eigenvalue weighted by atomic mass is 10.1. The van der Waals surface area contributed by atoms with Gasteiger partial charge in [-0.3, -0.25) is 4.79 Å². The van der Waals surface area contributed by atoms with Crippen LogP contribution in [0.4, 0.5) is 5.69 Å². The van der Waals surface area contributed by atoms with E-state index >= 15 is 0 Å². The number of hydrogen-bond donors (Lipinski definition) is 2. The summed E-state index contributed by atoms with van der Waals surface area (Å²) in [4.78, 5) is 12.4. The number of aryl methyl sites for hydroxylation is 1. The third-order valence-corrected chi connectivity index (χ3v) is 6.08. The molecule has 0 aliphatic heterocycles. The Morgan fingerprint density at radius 2 is 1.65 bits per heavy atom. The Balaban J connectivity index is 1.83. The van der Waals surface area contributed by atoms with Crippen molar-refractivity contribution < 1.29 is 22.8 Å². The molecule has 0 aliphatic carbocycles. The first kappa shape index (κ1) is 21.3. The number of aliphatic hydroxyl groups excluding tert-OH is 1. The monoisotopic (exact) mass is 434 g/mol. The van der Waals surface area contributed by atoms with Gasteiger partial charge in [-0.25, -0.2) is 8.42 Å². The molecule has 0 spiro atoms. The molecule has 0 saturated heterocycles. The molecule has 1 heterocycles. The van der Waals surface area contributed by atoms with Crippen molar-refractivity contribution in [2.45, 2.75) is 16.7 Å². The summed E-state index contributed by atoms with van der Waals surface area (Å²) in [6, 6.07) is 14.3. The molecule has 1 amide bonds. The molecule has 10 heteroatoms. The molecule has 0 unspecified atom stereocenters. The van der Waals surface area contributed by atoms with Crippen LogP contribution in [-0.4, -0.2) is 24.6 Å². The lowest BCUT2D eigenvalue weighted by Crippen LogP contribution is -2.15. The lowest BCUT2D eigenvalue weighted by Gasteiger charge is -2.08. The van der Waals surface area contributed by atoms with Crippen LogP contribution < -0.4 is 5.32 Å². The number of nitrogens with zero attached hydrogens (tertiary/aromatic N) is 3. The summed E-state index contributed by atoms with van der Waals surface area (Å²) in [5.74, 6) is -1.24. The van der Waals surface area contributed by atoms with Crippen LogP contribution in [0.1, 0.15) is 16.9 Å². The summed E-state index contributed by atoms with van der Waals surface area (Å²) in [5.41, 5.74) is 0.102. The van der Waals surface area contributed by atoms with Gasteiger partial charge in [0.15, 0.2) is 11.3 Å². The number of anilines is 1. The minimum atomic E-state index is -3.82. The van der Waals surface area contributed by atoms with Crippen molar-refractivity contribution in [2.75, 3.05) is 5.32 Å². The number of aliphatic hydroxyl groups is 1. The summed E-state index contributed by atoms with van der Waals surface area (Å²) in [5, 5.41) is 34.2. The Hall–Kier alpha value is -4.41. The zero-order chi connectivity index (χ0) is 22.6. The number of benzene rings is 2. The van der Waals surface area contributed by atoms with E-state index < -0.39 is 27.1 Å². The van der Waals surface area contributed by atoms with Crippen molar-refractivity contribution in [1.29, 1.82) is 10.5 Å². The van der Waals surface area contributed by atoms with Gasteiger partial charge in [0.2, 0.25) is 9.84 Å². The van der Waals surface area contributed by atoms with Gasteiger partial charge in [-0.1, -0.05) is 5.16 Å². The Labute approximate surface area is 177 Å². The summed E-state index contributed by atoms with van der Waals surface area (Å²) in [6.45, 7) is 1.51. The molecule has 9 nitrogen and oxygen atoms in total. The Morgan fingerprint density at radius 3 is 2.13 bits per heavy atom. The molecule has 3 aromatic rings. The largest absolute Gasteiger partial charge is 0.506 e. The van der Waals surface area contributed by atoms with Crippen LogP contribution in [0.3, 0.4) is 0 Å². The topological polar surface area (TPSA) is 157 Å². The molecule has 0 saturated carbocycles. The average Bonchev–Trinajstić information content (AvgIpc) is 3.20. The highest BCUT2D eigenvalue weighted by Crippen LogP contribution is 2.24. The van der Waals surface area contributed by atoms with E-state index in [9.17, 15) is 23.6 Å². The number of nitriles is 2. The van der Waals surface area contributed by atoms with Crippen LogP contribution in [-0.2, 0) is 14.6 Å². The number of aromatic nitrogens is 1. The fourth-order valence-corrected chi connectivity index (χ4v) is 3.89. The fraction of sp³-hybridized carbons (Fsp3) is 0.0476. The maximum atomic E-state index is 12.7. The second kappa shape index (κ2) is 8.53. The molecule has 0 aliphatic rings. The van der Waals surface area contributed by atoms with E-state index in [0.29, 0.717) is 5.56 Å². The average molecular weight is 434 g/mol. The van der Waals surface area contributed by atoms with Gasteiger partial charge in [0.25, 0.3) is 5.91 Å². The van der Waals surface area contributed by atoms with Gasteiger partial charge in [-0.2, -0.15) is 10.5 Å². The molecule has 2 aromatic carbocycles. The highest BCUT2D eigenvalue weighted by atomic mass is 32.2. The van der Waals surface area contributed by atoms with Crippen molar-refractivity contribution >= 4 is 27.2 Å². The predicted molar refractivity (Wildman–Crippen MR) is 108 cm³/mol. The van der Waals surface area contributed by atoms with E-state index in [1.54, 1.807) is 6.07 Å². The van der Waals surface area contributed by atoms with Crippen molar-refractivity contribution in [3.05, 3.63) is 77.2 Å². The smallest absolute Gasteiger partial charge is 0.270 e. The van der Waals surface area contributed by atoms with Crippen LogP contribution in [0, 0.1) is 29.6 Å². The maximum Gasteiger partial charge on any atom is 0.270 e. The molecule has 154 valence electrons. The van der Waals surface area contributed by atoms with Crippen LogP contribution in [0.2, 0.25) is 0 Å². The standard InChI is InChI=1S/C21H14N4O5S/c1-13-19(12-24-30-13)20(26)18(11-23)21(27)25-15-4-8-17(9-5-15)31(28,29)16-6-2-14(10-22)3-7-16/h2-9,12,26H,1H3,(H,25,27)/b20-18-. The third kappa shape index (κ3) is 4.29. The predicted octanol–water partition coefficient (Wildman–Crippen LogP) is 3.12. The molecule has 2 N–H and O–H groups in total. The van der Waals surface area contributed by atoms with Crippen LogP contribution in [0.15, 0.2) is 74.6 Å². The first-order valence-corrected chi connectivity index (χ1v) is 10.2. The molecule has 0 radical (unpaired) electrons. The summed E-state index contributed by atoms with van der Waals surface area (Å²) in [7, 11) is -3.82. The van der Waals surface area contributed by atoms with Crippen LogP contribution in [0.25, 0.3) is 5.76 Å². The van der Waals surface area contributed by atoms with E-state index in [-0.39, 0.29) is 26.8 Å². The van der Waals surface area contributed by atoms with Gasteiger partial charge < -0.3 is 14.9 Å². The minimum absolute atomic E-state index is 0.0193. The first-order valence-electron chi connectivity index (χ1n) is 8.69. The highest BCUT2D eigenvalue weighted by Gasteiger charge is 2.21. The second-order valence-electron chi connectivity index (χ2n) is 6.25. The number of nitrogens with one attached hydrogen (secondary N) is 1. The van der Waals surface area contributed by atoms with Crippen molar-refractivity contribution in [3.63, 3.8) is 0 Å². The number of sulfone groups is 1. The normalized spacial score (nSPS) is 11.7. The van der Waals surface area contributed by atoms with Gasteiger partial charge in [0.1, 0.15) is 11.8 Å². The van der Waals surface area contributed by atoms with E-state index in [0.717, 1.165) is 0 Å². The third-order valence-electron chi connectivity index (χ3n) is 4.30. The van der Waals surface area contributed by atoms with Crippen molar-refractivity contribution in [1.82, 2.24) is 5.16 Å². The molecule has 0 atom stereocenters. The van der Waals surface area contributed by atoms with Crippen LogP contribution >= 0.6 is 0 Å². The quantitative estimate of drug-likeness (QED) is 0.352. The second-order valence-corrected chi connectivity index (χ2v) is 8.20. The number of rotatable bonds is 5. The number of carbonyl (C=O) groups excluding carboxylic acids is 1. The molecular weight excluding hydrogens is 420 g/mol. The Kier molecular flexibility index (Phi) is 5.86. The summed E-state index contributed by atoms with van der Waals surface area (Å²) in [6.07, 6.45) is 1.18. The molecular formula is C21H14N4O5S. The fourth-order valence-electron chi connectivity index (χ4n) is 2.63. The maximum absolute atomic E-state index is 12.7. The Morgan fingerprint density at radius 1 is 1.06 bits per heavy atom. The zero-order valence-corrected chi connectivity index (χ0v) is 16.8. The van der Waals surface area contributed by atoms with Gasteiger partial charge in [0.05, 0.1) is 33.2 Å². The number of hydrogen-bond acceptors (Lipinski definition) is 8. The summed E-state index contributed by atoms with van der Waals surface area (Å²) >= 11 is 0. The number of amides is 1. The first-order chi connectivity index (χ1) is 14.8. The number of carbonyl (C=O) groups is 1. The SMILES string of the molecule is Cc1oncc1/C(O)=C(\C#N)C(=O)Nc1ccc(S(=O)(=O)c2ccc(C#N)cc2)cc1. The van der Waals surface area contributed by atoms with E-state index in [2.05, 4.69) is 10.5 Å². The van der Waals surface area contributed by atoms with Crippen molar-refractivity contribution in [2.24, 2.45) is 0 Å². The van der Waals surface area contributed by atoms with Gasteiger partial charge in [-0.15, -0.1) is 0 Å². The van der Waals surface area contributed by atoms with E-state index in [1.807, 2.05) is 6.07 Å². The molecule has 0 fully saturated rings. The van der Waals surface area contributed by atoms with E-state index in [4.69, 9.17) is 9.78 Å². The highest BCUT2D eigenvalue weighted by molar-refractivity contribution is 7.91. The summed E-state index contributed by atoms with van der Waals surface area (Å²) < 4.78 is 30.2.